The number of aromatic carboxylic acids is 1. The quantitative estimate of drug-likeness (QED) is 0.221. The van der Waals surface area contributed by atoms with Gasteiger partial charge in [0, 0.05) is 17.8 Å². The van der Waals surface area contributed by atoms with Gasteiger partial charge in [-0.2, -0.15) is 0 Å². The van der Waals surface area contributed by atoms with Crippen LogP contribution in [0.3, 0.4) is 0 Å². The van der Waals surface area contributed by atoms with Gasteiger partial charge in [-0.15, -0.1) is 0 Å². The first-order valence-electron chi connectivity index (χ1n) is 10.9. The molecule has 1 aromatic carbocycles. The van der Waals surface area contributed by atoms with Crippen LogP contribution in [0.15, 0.2) is 30.5 Å². The molecule has 0 bridgehead atoms. The summed E-state index contributed by atoms with van der Waals surface area (Å²) in [5.74, 6) is -2.14. The lowest BCUT2D eigenvalue weighted by Crippen LogP contribution is -2.19. The molecule has 11 heteroatoms. The van der Waals surface area contributed by atoms with Gasteiger partial charge in [0.1, 0.15) is 11.1 Å². The van der Waals surface area contributed by atoms with Crippen LogP contribution in [0.5, 0.6) is 0 Å². The van der Waals surface area contributed by atoms with E-state index in [0.29, 0.717) is 18.5 Å². The lowest BCUT2D eigenvalue weighted by molar-refractivity contribution is 0.0527. The number of carboxylic acids is 1. The highest BCUT2D eigenvalue weighted by Gasteiger charge is 2.26. The molecule has 0 radical (unpaired) electrons. The lowest BCUT2D eigenvalue weighted by atomic mass is 10.1. The zero-order chi connectivity index (χ0) is 24.8. The van der Waals surface area contributed by atoms with Gasteiger partial charge in [-0.25, -0.2) is 19.6 Å². The van der Waals surface area contributed by atoms with Gasteiger partial charge in [-0.1, -0.05) is 24.1 Å². The van der Waals surface area contributed by atoms with Gasteiger partial charge >= 0.3 is 11.9 Å². The van der Waals surface area contributed by atoms with Gasteiger partial charge in [-0.3, -0.25) is 10.1 Å². The molecular formula is C23H26ClN5O5. The number of pyridine rings is 1. The number of hydrogen-bond donors (Lipinski definition) is 3. The summed E-state index contributed by atoms with van der Waals surface area (Å²) in [6.07, 6.45) is 3.66. The number of halogens is 1. The molecule has 0 unspecified atom stereocenters. The van der Waals surface area contributed by atoms with Crippen molar-refractivity contribution in [3.63, 3.8) is 0 Å². The molecule has 4 N–H and O–H groups in total. The third kappa shape index (κ3) is 5.35. The van der Waals surface area contributed by atoms with E-state index in [1.807, 2.05) is 6.92 Å². The van der Waals surface area contributed by atoms with Gasteiger partial charge in [0.15, 0.2) is 5.15 Å². The largest absolute Gasteiger partial charge is 0.478 e. The highest BCUT2D eigenvalue weighted by molar-refractivity contribution is 6.34. The number of nitrogens with zero attached hydrogens (tertiary/aromatic N) is 3. The number of rotatable bonds is 10. The second-order valence-electron chi connectivity index (χ2n) is 7.66. The van der Waals surface area contributed by atoms with Gasteiger partial charge in [0.05, 0.1) is 17.7 Å². The number of carbonyl (C=O) groups is 3. The topological polar surface area (TPSA) is 149 Å². The molecule has 0 aliphatic rings. The molecule has 2 aromatic heterocycles. The first-order chi connectivity index (χ1) is 16.3. The second-order valence-corrected chi connectivity index (χ2v) is 8.02. The number of ether oxygens (including phenoxy) is 1. The van der Waals surface area contributed by atoms with Crippen molar-refractivity contribution in [2.75, 3.05) is 18.5 Å². The number of nitrogens with one attached hydrogen (secondary N) is 1. The standard InChI is InChI=1S/C23H26ClN5O5/c1-3-34-22(33)16-12-26-19(24)17-18(16)29(13(2)7-4-5-10-25)23(27-17)28-20(30)14-8-6-9-15(11-14)21(31)32/h6,8-9,11-13H,3-5,7,10,25H2,1-2H3,(H,31,32)(H,27,28,30)/t13-/m0/s1. The number of benzene rings is 1. The van der Waals surface area contributed by atoms with Crippen LogP contribution in [0.1, 0.15) is 70.2 Å². The Balaban J connectivity index is 2.12. The Kier molecular flexibility index (Phi) is 8.19. The summed E-state index contributed by atoms with van der Waals surface area (Å²) in [6, 6.07) is 5.46. The van der Waals surface area contributed by atoms with Gasteiger partial charge < -0.3 is 20.1 Å². The molecule has 0 saturated carbocycles. The van der Waals surface area contributed by atoms with Crippen molar-refractivity contribution in [2.24, 2.45) is 5.73 Å². The third-order valence-corrected chi connectivity index (χ3v) is 5.55. The number of aromatic nitrogens is 3. The minimum absolute atomic E-state index is 0.0202. The van der Waals surface area contributed by atoms with E-state index in [4.69, 9.17) is 22.1 Å². The molecule has 1 atom stereocenters. The van der Waals surface area contributed by atoms with E-state index in [1.54, 1.807) is 11.5 Å². The Hall–Kier alpha value is -3.50. The minimum atomic E-state index is -1.15. The molecule has 2 heterocycles. The lowest BCUT2D eigenvalue weighted by Gasteiger charge is -2.19. The molecule has 0 fully saturated rings. The fraction of sp³-hybridized carbons (Fsp3) is 0.348. The molecule has 10 nitrogen and oxygen atoms in total. The van der Waals surface area contributed by atoms with E-state index in [9.17, 15) is 19.5 Å². The summed E-state index contributed by atoms with van der Waals surface area (Å²) < 4.78 is 6.91. The Morgan fingerprint density at radius 2 is 2.00 bits per heavy atom. The number of anilines is 1. The molecular weight excluding hydrogens is 462 g/mol. The maximum Gasteiger partial charge on any atom is 0.341 e. The van der Waals surface area contributed by atoms with Crippen molar-refractivity contribution in [3.8, 4) is 0 Å². The zero-order valence-corrected chi connectivity index (χ0v) is 19.6. The third-order valence-electron chi connectivity index (χ3n) is 5.28. The molecule has 3 aromatic rings. The van der Waals surface area contributed by atoms with Gasteiger partial charge in [-0.05, 0) is 51.4 Å². The van der Waals surface area contributed by atoms with Crippen molar-refractivity contribution in [3.05, 3.63) is 52.3 Å². The number of amides is 1. The molecule has 180 valence electrons. The molecule has 0 aliphatic heterocycles. The summed E-state index contributed by atoms with van der Waals surface area (Å²) in [5, 5.41) is 12.0. The normalized spacial score (nSPS) is 11.9. The van der Waals surface area contributed by atoms with Crippen molar-refractivity contribution in [1.29, 1.82) is 0 Å². The number of esters is 1. The Bertz CT molecular complexity index is 1230. The fourth-order valence-electron chi connectivity index (χ4n) is 3.63. The predicted octanol–water partition coefficient (Wildman–Crippen LogP) is 3.90. The van der Waals surface area contributed by atoms with Crippen LogP contribution in [0.25, 0.3) is 11.0 Å². The van der Waals surface area contributed by atoms with Crippen LogP contribution in [0.4, 0.5) is 5.95 Å². The van der Waals surface area contributed by atoms with Crippen molar-refractivity contribution in [1.82, 2.24) is 14.5 Å². The van der Waals surface area contributed by atoms with Crippen LogP contribution in [-0.4, -0.2) is 50.6 Å². The van der Waals surface area contributed by atoms with E-state index >= 15 is 0 Å². The van der Waals surface area contributed by atoms with E-state index in [-0.39, 0.29) is 46.0 Å². The Labute approximate surface area is 201 Å². The highest BCUT2D eigenvalue weighted by atomic mass is 35.5. The summed E-state index contributed by atoms with van der Waals surface area (Å²) in [6.45, 7) is 4.35. The average molecular weight is 488 g/mol. The smallest absolute Gasteiger partial charge is 0.341 e. The SMILES string of the molecule is CCOC(=O)c1cnc(Cl)c2nc(NC(=O)c3cccc(C(=O)O)c3)n([C@@H](C)CCCCN)c12. The van der Waals surface area contributed by atoms with E-state index in [1.165, 1.54) is 30.5 Å². The van der Waals surface area contributed by atoms with Crippen LogP contribution in [0.2, 0.25) is 5.15 Å². The van der Waals surface area contributed by atoms with E-state index in [0.717, 1.165) is 12.8 Å². The Morgan fingerprint density at radius 1 is 1.26 bits per heavy atom. The number of imidazole rings is 1. The first kappa shape index (κ1) is 25.1. The number of hydrogen-bond acceptors (Lipinski definition) is 7. The number of unbranched alkanes of at least 4 members (excludes halogenated alkanes) is 1. The molecule has 0 saturated heterocycles. The molecule has 34 heavy (non-hydrogen) atoms. The van der Waals surface area contributed by atoms with E-state index in [2.05, 4.69) is 15.3 Å². The minimum Gasteiger partial charge on any atom is -0.478 e. The fourth-order valence-corrected chi connectivity index (χ4v) is 3.81. The number of carboxylic acid groups (broad SMARTS) is 1. The van der Waals surface area contributed by atoms with Crippen LogP contribution in [0, 0.1) is 0 Å². The van der Waals surface area contributed by atoms with Crippen LogP contribution in [-0.2, 0) is 4.74 Å². The summed E-state index contributed by atoms with van der Waals surface area (Å²) in [4.78, 5) is 45.5. The Morgan fingerprint density at radius 3 is 2.68 bits per heavy atom. The number of carbonyl (C=O) groups excluding carboxylic acids is 2. The zero-order valence-electron chi connectivity index (χ0n) is 18.9. The summed E-state index contributed by atoms with van der Waals surface area (Å²) >= 11 is 6.30. The van der Waals surface area contributed by atoms with Crippen molar-refractivity contribution < 1.29 is 24.2 Å². The van der Waals surface area contributed by atoms with Crippen molar-refractivity contribution in [2.45, 2.75) is 39.2 Å². The monoisotopic (exact) mass is 487 g/mol. The second kappa shape index (κ2) is 11.1. The molecule has 0 spiro atoms. The molecule has 1 amide bonds. The summed E-state index contributed by atoms with van der Waals surface area (Å²) in [5.41, 5.74) is 6.57. The van der Waals surface area contributed by atoms with E-state index < -0.39 is 17.8 Å². The highest BCUT2D eigenvalue weighted by Crippen LogP contribution is 2.33. The number of fused-ring (bicyclic) bond motifs is 1. The van der Waals surface area contributed by atoms with Gasteiger partial charge in [0.25, 0.3) is 5.91 Å². The molecule has 3 rings (SSSR count). The maximum atomic E-state index is 13.0. The number of nitrogens with two attached hydrogens (primary N) is 1. The maximum absolute atomic E-state index is 13.0. The first-order valence-corrected chi connectivity index (χ1v) is 11.2. The van der Waals surface area contributed by atoms with Crippen LogP contribution < -0.4 is 11.1 Å². The van der Waals surface area contributed by atoms with Crippen molar-refractivity contribution >= 4 is 46.4 Å². The van der Waals surface area contributed by atoms with Gasteiger partial charge in [0.2, 0.25) is 5.95 Å². The average Bonchev–Trinajstić information content (AvgIpc) is 3.19. The predicted molar refractivity (Wildman–Crippen MR) is 127 cm³/mol. The molecule has 0 aliphatic carbocycles. The summed E-state index contributed by atoms with van der Waals surface area (Å²) in [7, 11) is 0. The van der Waals surface area contributed by atoms with Crippen LogP contribution >= 0.6 is 11.6 Å².